The van der Waals surface area contributed by atoms with E-state index in [-0.39, 0.29) is 18.1 Å². The molecule has 36 heavy (non-hydrogen) atoms. The number of nitrogens with one attached hydrogen (secondary N) is 1. The van der Waals surface area contributed by atoms with Gasteiger partial charge in [0.25, 0.3) is 0 Å². The molecule has 8 nitrogen and oxygen atoms in total. The summed E-state index contributed by atoms with van der Waals surface area (Å²) in [5.41, 5.74) is 3.86. The van der Waals surface area contributed by atoms with Crippen LogP contribution in [0.5, 0.6) is 17.2 Å². The van der Waals surface area contributed by atoms with Crippen LogP contribution in [0.4, 0.5) is 0 Å². The summed E-state index contributed by atoms with van der Waals surface area (Å²) in [5, 5.41) is 3.28. The lowest BCUT2D eigenvalue weighted by molar-refractivity contribution is -0.140. The van der Waals surface area contributed by atoms with Gasteiger partial charge in [-0.2, -0.15) is 0 Å². The zero-order valence-corrected chi connectivity index (χ0v) is 20.8. The molecule has 0 aromatic heterocycles. The third kappa shape index (κ3) is 5.12. The lowest BCUT2D eigenvalue weighted by Gasteiger charge is -2.34. The predicted octanol–water partition coefficient (Wildman–Crippen LogP) is 4.34. The normalized spacial score (nSPS) is 17.2. The fourth-order valence-corrected chi connectivity index (χ4v) is 4.64. The number of methoxy groups -OCH3 is 2. The summed E-state index contributed by atoms with van der Waals surface area (Å²) in [5.74, 6) is -0.349. The molecule has 8 heteroatoms. The Morgan fingerprint density at radius 1 is 1.00 bits per heavy atom. The summed E-state index contributed by atoms with van der Waals surface area (Å²) in [6.07, 6.45) is 1.87. The number of allylic oxidation sites excluding steroid dienone is 3. The van der Waals surface area contributed by atoms with Crippen molar-refractivity contribution in [2.75, 3.05) is 14.2 Å². The fraction of sp³-hybridized carbons (Fsp3) is 0.321. The first-order chi connectivity index (χ1) is 17.3. The van der Waals surface area contributed by atoms with Crippen LogP contribution in [-0.2, 0) is 25.7 Å². The van der Waals surface area contributed by atoms with Crippen LogP contribution in [0.2, 0.25) is 0 Å². The number of carbonyl (C=O) groups excluding carboxylic acids is 3. The molecule has 1 N–H and O–H groups in total. The average Bonchev–Trinajstić information content (AvgIpc) is 2.87. The number of benzene rings is 2. The van der Waals surface area contributed by atoms with E-state index < -0.39 is 17.9 Å². The maximum atomic E-state index is 13.5. The van der Waals surface area contributed by atoms with Gasteiger partial charge in [-0.05, 0) is 55.2 Å². The number of Topliss-reactive ketones (excluding diaryl/α,β-unsaturated/α-hetero) is 1. The Kier molecular flexibility index (Phi) is 7.43. The van der Waals surface area contributed by atoms with Gasteiger partial charge in [0.05, 0.1) is 19.8 Å². The first kappa shape index (κ1) is 25.0. The molecule has 1 atom stereocenters. The highest BCUT2D eigenvalue weighted by Gasteiger charge is 2.39. The molecule has 0 saturated carbocycles. The quantitative estimate of drug-likeness (QED) is 0.451. The zero-order chi connectivity index (χ0) is 25.8. The number of carbonyl (C=O) groups is 3. The van der Waals surface area contributed by atoms with Gasteiger partial charge in [-0.25, -0.2) is 4.79 Å². The van der Waals surface area contributed by atoms with Crippen LogP contribution in [0, 0.1) is 0 Å². The number of ketones is 1. The van der Waals surface area contributed by atoms with E-state index in [4.69, 9.17) is 18.9 Å². The average molecular weight is 492 g/mol. The largest absolute Gasteiger partial charge is 0.497 e. The summed E-state index contributed by atoms with van der Waals surface area (Å²) in [7, 11) is 3.06. The first-order valence-corrected chi connectivity index (χ1v) is 11.7. The third-order valence-electron chi connectivity index (χ3n) is 6.30. The minimum atomic E-state index is -0.641. The van der Waals surface area contributed by atoms with Crippen molar-refractivity contribution in [1.82, 2.24) is 5.32 Å². The van der Waals surface area contributed by atoms with E-state index in [9.17, 15) is 14.4 Å². The van der Waals surface area contributed by atoms with E-state index in [0.29, 0.717) is 46.7 Å². The molecule has 1 aliphatic carbocycles. The van der Waals surface area contributed by atoms with Crippen molar-refractivity contribution in [2.24, 2.45) is 0 Å². The van der Waals surface area contributed by atoms with Crippen molar-refractivity contribution in [3.05, 3.63) is 76.1 Å². The molecule has 1 heterocycles. The highest BCUT2D eigenvalue weighted by molar-refractivity contribution is 6.03. The van der Waals surface area contributed by atoms with Gasteiger partial charge >= 0.3 is 11.9 Å². The van der Waals surface area contributed by atoms with Crippen LogP contribution in [0.25, 0.3) is 0 Å². The predicted molar refractivity (Wildman–Crippen MR) is 132 cm³/mol. The van der Waals surface area contributed by atoms with Gasteiger partial charge in [0.15, 0.2) is 17.3 Å². The standard InChI is InChI=1S/C28H29NO7/c1-16-25(28(32)35-15-18-8-11-20(33-3)12-9-18)26(27-21(29-16)6-5-7-22(27)31)19-10-13-23(36-17(2)30)24(14-19)34-4/h8-14,26,29H,5-7,15H2,1-4H3/t26-/m1/s1. The number of rotatable bonds is 7. The monoisotopic (exact) mass is 491 g/mol. The second-order valence-corrected chi connectivity index (χ2v) is 8.69. The van der Waals surface area contributed by atoms with E-state index in [1.54, 1.807) is 37.4 Å². The molecule has 1 aliphatic heterocycles. The Morgan fingerprint density at radius 3 is 2.42 bits per heavy atom. The Balaban J connectivity index is 1.71. The molecule has 4 rings (SSSR count). The van der Waals surface area contributed by atoms with Gasteiger partial charge in [0.1, 0.15) is 12.4 Å². The summed E-state index contributed by atoms with van der Waals surface area (Å²) < 4.78 is 21.6. The summed E-state index contributed by atoms with van der Waals surface area (Å²) >= 11 is 0. The molecule has 0 amide bonds. The number of hydrogen-bond donors (Lipinski definition) is 1. The smallest absolute Gasteiger partial charge is 0.337 e. The van der Waals surface area contributed by atoms with Crippen LogP contribution in [0.1, 0.15) is 50.2 Å². The van der Waals surface area contributed by atoms with Crippen molar-refractivity contribution < 1.29 is 33.3 Å². The van der Waals surface area contributed by atoms with Crippen LogP contribution < -0.4 is 19.5 Å². The van der Waals surface area contributed by atoms with Crippen molar-refractivity contribution in [3.63, 3.8) is 0 Å². The highest BCUT2D eigenvalue weighted by atomic mass is 16.6. The number of esters is 2. The van der Waals surface area contributed by atoms with Gasteiger partial charge < -0.3 is 24.3 Å². The Hall–Kier alpha value is -4.07. The van der Waals surface area contributed by atoms with Gasteiger partial charge in [-0.3, -0.25) is 9.59 Å². The molecular weight excluding hydrogens is 462 g/mol. The van der Waals surface area contributed by atoms with Crippen molar-refractivity contribution in [1.29, 1.82) is 0 Å². The van der Waals surface area contributed by atoms with Gasteiger partial charge in [0, 0.05) is 36.2 Å². The maximum absolute atomic E-state index is 13.5. The zero-order valence-electron chi connectivity index (χ0n) is 20.8. The van der Waals surface area contributed by atoms with E-state index in [1.807, 2.05) is 19.1 Å². The molecule has 0 spiro atoms. The molecule has 0 fully saturated rings. The van der Waals surface area contributed by atoms with Crippen LogP contribution in [0.3, 0.4) is 0 Å². The minimum absolute atomic E-state index is 0.00951. The highest BCUT2D eigenvalue weighted by Crippen LogP contribution is 2.44. The van der Waals surface area contributed by atoms with Crippen LogP contribution >= 0.6 is 0 Å². The summed E-state index contributed by atoms with van der Waals surface area (Å²) in [6, 6.07) is 12.3. The molecule has 2 aromatic carbocycles. The maximum Gasteiger partial charge on any atom is 0.337 e. The lowest BCUT2D eigenvalue weighted by Crippen LogP contribution is -2.34. The van der Waals surface area contributed by atoms with Gasteiger partial charge in [-0.15, -0.1) is 0 Å². The van der Waals surface area contributed by atoms with E-state index >= 15 is 0 Å². The second kappa shape index (κ2) is 10.7. The lowest BCUT2D eigenvalue weighted by atomic mass is 9.75. The van der Waals surface area contributed by atoms with Crippen LogP contribution in [0.15, 0.2) is 65.0 Å². The van der Waals surface area contributed by atoms with Gasteiger partial charge in [0.2, 0.25) is 0 Å². The number of dihydropyridines is 1. The Labute approximate surface area is 209 Å². The molecule has 0 bridgehead atoms. The molecule has 2 aliphatic rings. The molecule has 0 unspecified atom stereocenters. The van der Waals surface area contributed by atoms with E-state index in [2.05, 4.69) is 5.32 Å². The Morgan fingerprint density at radius 2 is 1.75 bits per heavy atom. The SMILES string of the molecule is COc1ccc(COC(=O)C2=C(C)NC3=C(C(=O)CCC3)[C@@H]2c2ccc(OC(C)=O)c(OC)c2)cc1. The van der Waals surface area contributed by atoms with Gasteiger partial charge in [-0.1, -0.05) is 18.2 Å². The molecule has 0 radical (unpaired) electrons. The Bertz CT molecular complexity index is 1260. The molecular formula is C28H29NO7. The first-order valence-electron chi connectivity index (χ1n) is 11.7. The molecule has 2 aromatic rings. The molecule has 188 valence electrons. The summed E-state index contributed by atoms with van der Waals surface area (Å²) in [4.78, 5) is 38.1. The minimum Gasteiger partial charge on any atom is -0.497 e. The number of hydrogen-bond acceptors (Lipinski definition) is 8. The van der Waals surface area contributed by atoms with E-state index in [0.717, 1.165) is 17.7 Å². The van der Waals surface area contributed by atoms with Crippen molar-refractivity contribution in [3.8, 4) is 17.2 Å². The van der Waals surface area contributed by atoms with E-state index in [1.165, 1.54) is 14.0 Å². The second-order valence-electron chi connectivity index (χ2n) is 8.69. The molecule has 0 saturated heterocycles. The topological polar surface area (TPSA) is 100 Å². The fourth-order valence-electron chi connectivity index (χ4n) is 4.64. The third-order valence-corrected chi connectivity index (χ3v) is 6.30. The van der Waals surface area contributed by atoms with Crippen molar-refractivity contribution in [2.45, 2.75) is 45.6 Å². The van der Waals surface area contributed by atoms with Crippen molar-refractivity contribution >= 4 is 17.7 Å². The number of ether oxygens (including phenoxy) is 4. The van der Waals surface area contributed by atoms with Crippen LogP contribution in [-0.4, -0.2) is 31.9 Å². The summed E-state index contributed by atoms with van der Waals surface area (Å²) in [6.45, 7) is 3.19.